The van der Waals surface area contributed by atoms with E-state index in [1.54, 1.807) is 0 Å². The molecule has 0 bridgehead atoms. The van der Waals surface area contributed by atoms with E-state index in [4.69, 9.17) is 5.73 Å². The predicted molar refractivity (Wildman–Crippen MR) is 73.3 cm³/mol. The highest BCUT2D eigenvalue weighted by Crippen LogP contribution is 2.21. The lowest BCUT2D eigenvalue weighted by atomic mass is 9.94. The summed E-state index contributed by atoms with van der Waals surface area (Å²) in [6.07, 6.45) is 8.47. The van der Waals surface area contributed by atoms with Gasteiger partial charge in [0, 0.05) is 25.7 Å². The summed E-state index contributed by atoms with van der Waals surface area (Å²) in [5, 5.41) is 0. The van der Waals surface area contributed by atoms with Crippen molar-refractivity contribution < 1.29 is 4.79 Å². The molecule has 0 aromatic heterocycles. The second-order valence-corrected chi connectivity index (χ2v) is 5.93. The second-order valence-electron chi connectivity index (χ2n) is 5.93. The first-order valence-electron chi connectivity index (χ1n) is 7.40. The van der Waals surface area contributed by atoms with Gasteiger partial charge in [0.1, 0.15) is 0 Å². The third kappa shape index (κ3) is 3.69. The number of carbonyl (C=O) groups is 1. The zero-order valence-electron chi connectivity index (χ0n) is 11.6. The summed E-state index contributed by atoms with van der Waals surface area (Å²) >= 11 is 0. The largest absolute Gasteiger partial charge is 0.342 e. The maximum absolute atomic E-state index is 12.3. The maximum atomic E-state index is 12.3. The van der Waals surface area contributed by atoms with Gasteiger partial charge < -0.3 is 10.6 Å². The van der Waals surface area contributed by atoms with Gasteiger partial charge in [0.25, 0.3) is 0 Å². The van der Waals surface area contributed by atoms with Crippen LogP contribution in [0.2, 0.25) is 0 Å². The van der Waals surface area contributed by atoms with Crippen LogP contribution in [0.4, 0.5) is 0 Å². The summed E-state index contributed by atoms with van der Waals surface area (Å²) in [4.78, 5) is 16.5. The molecule has 2 rings (SSSR count). The Morgan fingerprint density at radius 1 is 1.22 bits per heavy atom. The number of hydrogen-bond acceptors (Lipinski definition) is 3. The second kappa shape index (κ2) is 6.53. The molecule has 0 spiro atoms. The molecular weight excluding hydrogens is 226 g/mol. The van der Waals surface area contributed by atoms with Gasteiger partial charge in [0.05, 0.1) is 6.54 Å². The number of carbonyl (C=O) groups excluding carboxylic acids is 1. The van der Waals surface area contributed by atoms with Crippen LogP contribution in [0.1, 0.15) is 44.9 Å². The van der Waals surface area contributed by atoms with Crippen molar-refractivity contribution in [1.29, 1.82) is 0 Å². The molecule has 1 unspecified atom stereocenters. The maximum Gasteiger partial charge on any atom is 0.236 e. The fourth-order valence-corrected chi connectivity index (χ4v) is 3.21. The molecule has 0 aromatic rings. The van der Waals surface area contributed by atoms with Crippen molar-refractivity contribution in [3.63, 3.8) is 0 Å². The lowest BCUT2D eigenvalue weighted by Crippen LogP contribution is -2.49. The molecule has 4 heteroatoms. The molecule has 104 valence electrons. The molecule has 1 saturated carbocycles. The molecular formula is C14H27N3O. The lowest BCUT2D eigenvalue weighted by Gasteiger charge is -2.35. The molecule has 1 atom stereocenters. The van der Waals surface area contributed by atoms with E-state index in [1.807, 2.05) is 11.9 Å². The fraction of sp³-hybridized carbons (Fsp3) is 0.929. The van der Waals surface area contributed by atoms with Crippen LogP contribution in [0, 0.1) is 0 Å². The van der Waals surface area contributed by atoms with Crippen molar-refractivity contribution in [1.82, 2.24) is 9.80 Å². The number of piperidine rings is 1. The highest BCUT2D eigenvalue weighted by atomic mass is 16.2. The van der Waals surface area contributed by atoms with Crippen LogP contribution < -0.4 is 5.73 Å². The summed E-state index contributed by atoms with van der Waals surface area (Å²) in [5.74, 6) is 0.274. The third-order valence-corrected chi connectivity index (χ3v) is 4.42. The van der Waals surface area contributed by atoms with Gasteiger partial charge in [-0.2, -0.15) is 0 Å². The highest BCUT2D eigenvalue weighted by molar-refractivity contribution is 5.78. The normalized spacial score (nSPS) is 27.1. The minimum absolute atomic E-state index is 0.256. The van der Waals surface area contributed by atoms with Crippen LogP contribution in [-0.4, -0.2) is 54.5 Å². The zero-order chi connectivity index (χ0) is 13.0. The Hall–Kier alpha value is -0.610. The first-order chi connectivity index (χ1) is 8.66. The van der Waals surface area contributed by atoms with Crippen molar-refractivity contribution >= 4 is 5.91 Å². The number of rotatable bonds is 3. The summed E-state index contributed by atoms with van der Waals surface area (Å²) in [7, 11) is 1.97. The van der Waals surface area contributed by atoms with Crippen LogP contribution >= 0.6 is 0 Å². The molecule has 2 fully saturated rings. The monoisotopic (exact) mass is 253 g/mol. The molecule has 2 N–H and O–H groups in total. The molecule has 1 aliphatic heterocycles. The molecule has 4 nitrogen and oxygen atoms in total. The third-order valence-electron chi connectivity index (χ3n) is 4.42. The van der Waals surface area contributed by atoms with Gasteiger partial charge in [-0.15, -0.1) is 0 Å². The number of likely N-dealkylation sites (tertiary alicyclic amines) is 1. The van der Waals surface area contributed by atoms with Crippen LogP contribution in [0.3, 0.4) is 0 Å². The number of likely N-dealkylation sites (N-methyl/N-ethyl adjacent to an activating group) is 1. The Morgan fingerprint density at radius 3 is 2.61 bits per heavy atom. The van der Waals surface area contributed by atoms with E-state index in [-0.39, 0.29) is 11.9 Å². The number of nitrogens with two attached hydrogens (primary N) is 1. The van der Waals surface area contributed by atoms with Gasteiger partial charge in [-0.05, 0) is 32.2 Å². The molecule has 1 heterocycles. The van der Waals surface area contributed by atoms with Gasteiger partial charge in [-0.25, -0.2) is 0 Å². The van der Waals surface area contributed by atoms with Gasteiger partial charge >= 0.3 is 0 Å². The fourth-order valence-electron chi connectivity index (χ4n) is 3.21. The van der Waals surface area contributed by atoms with E-state index in [9.17, 15) is 4.79 Å². The smallest absolute Gasteiger partial charge is 0.236 e. The number of amides is 1. The molecule has 1 aliphatic carbocycles. The van der Waals surface area contributed by atoms with Crippen LogP contribution in [0.15, 0.2) is 0 Å². The molecule has 0 aromatic carbocycles. The minimum atomic E-state index is 0.256. The summed E-state index contributed by atoms with van der Waals surface area (Å²) < 4.78 is 0. The molecule has 18 heavy (non-hydrogen) atoms. The van der Waals surface area contributed by atoms with Crippen molar-refractivity contribution in [3.05, 3.63) is 0 Å². The van der Waals surface area contributed by atoms with Crippen molar-refractivity contribution in [2.24, 2.45) is 5.73 Å². The summed E-state index contributed by atoms with van der Waals surface area (Å²) in [6.45, 7) is 2.46. The van der Waals surface area contributed by atoms with Crippen molar-refractivity contribution in [3.8, 4) is 0 Å². The minimum Gasteiger partial charge on any atom is -0.342 e. The first kappa shape index (κ1) is 13.8. The zero-order valence-corrected chi connectivity index (χ0v) is 11.6. The Morgan fingerprint density at radius 2 is 1.94 bits per heavy atom. The van der Waals surface area contributed by atoms with Gasteiger partial charge in [-0.1, -0.05) is 19.3 Å². The topological polar surface area (TPSA) is 49.6 Å². The summed E-state index contributed by atoms with van der Waals surface area (Å²) in [6, 6.07) is 0.733. The van der Waals surface area contributed by atoms with Gasteiger partial charge in [-0.3, -0.25) is 9.69 Å². The van der Waals surface area contributed by atoms with E-state index in [0.29, 0.717) is 12.6 Å². The SMILES string of the molecule is CN(C(=O)CN1CCCC(N)C1)C1CCCCC1. The van der Waals surface area contributed by atoms with Gasteiger partial charge in [0.2, 0.25) is 5.91 Å². The number of hydrogen-bond donors (Lipinski definition) is 1. The quantitative estimate of drug-likeness (QED) is 0.822. The Labute approximate surface area is 110 Å². The average Bonchev–Trinajstić information content (AvgIpc) is 2.39. The van der Waals surface area contributed by atoms with E-state index in [2.05, 4.69) is 4.90 Å². The Balaban J connectivity index is 1.79. The van der Waals surface area contributed by atoms with Crippen molar-refractivity contribution in [2.45, 2.75) is 57.0 Å². The van der Waals surface area contributed by atoms with E-state index >= 15 is 0 Å². The summed E-state index contributed by atoms with van der Waals surface area (Å²) in [5.41, 5.74) is 5.95. The average molecular weight is 253 g/mol. The molecule has 1 amide bonds. The predicted octanol–water partition coefficient (Wildman–Crippen LogP) is 1.20. The van der Waals surface area contributed by atoms with E-state index in [1.165, 1.54) is 32.1 Å². The molecule has 1 saturated heterocycles. The number of nitrogens with zero attached hydrogens (tertiary/aromatic N) is 2. The van der Waals surface area contributed by atoms with Crippen LogP contribution in [-0.2, 0) is 4.79 Å². The first-order valence-corrected chi connectivity index (χ1v) is 7.40. The van der Waals surface area contributed by atoms with E-state index in [0.717, 1.165) is 25.9 Å². The van der Waals surface area contributed by atoms with E-state index < -0.39 is 0 Å². The van der Waals surface area contributed by atoms with Crippen LogP contribution in [0.25, 0.3) is 0 Å². The molecule has 2 aliphatic rings. The highest BCUT2D eigenvalue weighted by Gasteiger charge is 2.25. The van der Waals surface area contributed by atoms with Crippen molar-refractivity contribution in [2.75, 3.05) is 26.7 Å². The standard InChI is InChI=1S/C14H27N3O/c1-16(13-7-3-2-4-8-13)14(18)11-17-9-5-6-12(15)10-17/h12-13H,2-11,15H2,1H3. The van der Waals surface area contributed by atoms with Crippen LogP contribution in [0.5, 0.6) is 0 Å². The van der Waals surface area contributed by atoms with Gasteiger partial charge in [0.15, 0.2) is 0 Å². The Bertz CT molecular complexity index is 276. The lowest BCUT2D eigenvalue weighted by molar-refractivity contribution is -0.134. The molecule has 0 radical (unpaired) electrons. The Kier molecular flexibility index (Phi) is 5.01.